The minimum absolute atomic E-state index is 0.0228. The molecule has 108 valence electrons. The lowest BCUT2D eigenvalue weighted by atomic mass is 9.80. The Morgan fingerprint density at radius 3 is 2.44 bits per heavy atom. The maximum Gasteiger partial charge on any atom is 0.209 e. The van der Waals surface area contributed by atoms with E-state index in [2.05, 4.69) is 13.8 Å². The second kappa shape index (κ2) is 6.87. The summed E-state index contributed by atoms with van der Waals surface area (Å²) in [4.78, 5) is 0. The van der Waals surface area contributed by atoms with Crippen LogP contribution in [0.1, 0.15) is 46.5 Å². The fourth-order valence-corrected chi connectivity index (χ4v) is 3.52. The van der Waals surface area contributed by atoms with Gasteiger partial charge in [-0.15, -0.1) is 0 Å². The van der Waals surface area contributed by atoms with E-state index in [4.69, 9.17) is 9.88 Å². The van der Waals surface area contributed by atoms with Crippen LogP contribution in [0.15, 0.2) is 0 Å². The van der Waals surface area contributed by atoms with E-state index in [1.165, 1.54) is 6.42 Å². The Balaban J connectivity index is 2.35. The van der Waals surface area contributed by atoms with Crippen molar-refractivity contribution in [2.75, 3.05) is 12.4 Å². The first-order valence-electron chi connectivity index (χ1n) is 6.93. The summed E-state index contributed by atoms with van der Waals surface area (Å²) in [6.45, 7) is 7.04. The zero-order valence-electron chi connectivity index (χ0n) is 11.8. The third-order valence-electron chi connectivity index (χ3n) is 4.16. The smallest absolute Gasteiger partial charge is 0.209 e. The SMILES string of the molecule is CCC(COC1CCC(C)C(C)C1)CS(N)(=O)=O. The molecule has 0 heterocycles. The highest BCUT2D eigenvalue weighted by Gasteiger charge is 2.26. The molecule has 4 atom stereocenters. The van der Waals surface area contributed by atoms with Gasteiger partial charge in [0, 0.05) is 0 Å². The molecule has 5 heteroatoms. The summed E-state index contributed by atoms with van der Waals surface area (Å²) in [7, 11) is -3.39. The van der Waals surface area contributed by atoms with Crippen molar-refractivity contribution in [1.29, 1.82) is 0 Å². The molecular formula is C13H27NO3S. The molecule has 0 aromatic heterocycles. The minimum Gasteiger partial charge on any atom is -0.378 e. The predicted octanol–water partition coefficient (Wildman–Crippen LogP) is 2.14. The van der Waals surface area contributed by atoms with Crippen LogP contribution in [0.25, 0.3) is 0 Å². The van der Waals surface area contributed by atoms with Gasteiger partial charge in [-0.25, -0.2) is 13.6 Å². The average Bonchev–Trinajstić information content (AvgIpc) is 2.27. The van der Waals surface area contributed by atoms with Crippen molar-refractivity contribution in [2.24, 2.45) is 22.9 Å². The van der Waals surface area contributed by atoms with Gasteiger partial charge in [-0.2, -0.15) is 0 Å². The quantitative estimate of drug-likeness (QED) is 0.808. The molecule has 0 amide bonds. The second-order valence-electron chi connectivity index (χ2n) is 5.83. The first-order valence-corrected chi connectivity index (χ1v) is 8.65. The fraction of sp³-hybridized carbons (Fsp3) is 1.00. The van der Waals surface area contributed by atoms with Crippen LogP contribution in [0.5, 0.6) is 0 Å². The van der Waals surface area contributed by atoms with Crippen molar-refractivity contribution < 1.29 is 13.2 Å². The lowest BCUT2D eigenvalue weighted by Crippen LogP contribution is -2.31. The molecule has 0 aliphatic heterocycles. The molecule has 1 fully saturated rings. The van der Waals surface area contributed by atoms with Crippen LogP contribution in [0.2, 0.25) is 0 Å². The van der Waals surface area contributed by atoms with Crippen LogP contribution in [0.3, 0.4) is 0 Å². The molecule has 1 rings (SSSR count). The van der Waals surface area contributed by atoms with E-state index < -0.39 is 10.0 Å². The summed E-state index contributed by atoms with van der Waals surface area (Å²) in [5.41, 5.74) is 0. The number of nitrogens with two attached hydrogens (primary N) is 1. The molecule has 0 saturated heterocycles. The van der Waals surface area contributed by atoms with E-state index in [0.29, 0.717) is 18.6 Å². The van der Waals surface area contributed by atoms with Crippen LogP contribution in [-0.2, 0) is 14.8 Å². The maximum absolute atomic E-state index is 11.1. The summed E-state index contributed by atoms with van der Waals surface area (Å²) < 4.78 is 28.0. The minimum atomic E-state index is -3.39. The van der Waals surface area contributed by atoms with Crippen LogP contribution in [-0.4, -0.2) is 26.9 Å². The monoisotopic (exact) mass is 277 g/mol. The van der Waals surface area contributed by atoms with Crippen LogP contribution in [0, 0.1) is 17.8 Å². The summed E-state index contributed by atoms with van der Waals surface area (Å²) >= 11 is 0. The topological polar surface area (TPSA) is 69.4 Å². The normalized spacial score (nSPS) is 31.2. The lowest BCUT2D eigenvalue weighted by molar-refractivity contribution is -0.0116. The van der Waals surface area contributed by atoms with Crippen molar-refractivity contribution in [1.82, 2.24) is 0 Å². The molecule has 18 heavy (non-hydrogen) atoms. The average molecular weight is 277 g/mol. The van der Waals surface area contributed by atoms with E-state index in [0.717, 1.165) is 25.2 Å². The van der Waals surface area contributed by atoms with Gasteiger partial charge in [0.05, 0.1) is 18.5 Å². The Bertz CT molecular complexity index is 342. The van der Waals surface area contributed by atoms with Gasteiger partial charge < -0.3 is 4.74 Å². The molecule has 4 unspecified atom stereocenters. The molecule has 0 radical (unpaired) electrons. The van der Waals surface area contributed by atoms with Gasteiger partial charge in [0.1, 0.15) is 0 Å². The number of rotatable bonds is 6. The molecule has 1 saturated carbocycles. The molecule has 1 aliphatic rings. The van der Waals surface area contributed by atoms with Crippen molar-refractivity contribution in [3.05, 3.63) is 0 Å². The summed E-state index contributed by atoms with van der Waals surface area (Å²) in [5.74, 6) is 1.52. The third-order valence-corrected chi connectivity index (χ3v) is 5.10. The highest BCUT2D eigenvalue weighted by Crippen LogP contribution is 2.31. The number of ether oxygens (including phenoxy) is 1. The Morgan fingerprint density at radius 2 is 1.94 bits per heavy atom. The molecular weight excluding hydrogens is 250 g/mol. The lowest BCUT2D eigenvalue weighted by Gasteiger charge is -2.32. The zero-order valence-corrected chi connectivity index (χ0v) is 12.6. The van der Waals surface area contributed by atoms with E-state index in [9.17, 15) is 8.42 Å². The van der Waals surface area contributed by atoms with Gasteiger partial charge in [-0.3, -0.25) is 0 Å². The molecule has 4 nitrogen and oxygen atoms in total. The van der Waals surface area contributed by atoms with Crippen molar-refractivity contribution >= 4 is 10.0 Å². The summed E-state index contributed by atoms with van der Waals surface area (Å²) in [6, 6.07) is 0. The summed E-state index contributed by atoms with van der Waals surface area (Å²) in [5, 5.41) is 5.08. The molecule has 0 bridgehead atoms. The van der Waals surface area contributed by atoms with Gasteiger partial charge in [0.15, 0.2) is 0 Å². The second-order valence-corrected chi connectivity index (χ2v) is 7.49. The van der Waals surface area contributed by atoms with E-state index in [-0.39, 0.29) is 11.7 Å². The van der Waals surface area contributed by atoms with Crippen LogP contribution < -0.4 is 5.14 Å². The van der Waals surface area contributed by atoms with Crippen molar-refractivity contribution in [2.45, 2.75) is 52.6 Å². The Hall–Kier alpha value is -0.130. The first kappa shape index (κ1) is 15.9. The Morgan fingerprint density at radius 1 is 1.28 bits per heavy atom. The van der Waals surface area contributed by atoms with E-state index in [1.807, 2.05) is 6.92 Å². The Kier molecular flexibility index (Phi) is 6.08. The number of hydrogen-bond acceptors (Lipinski definition) is 3. The van der Waals surface area contributed by atoms with Gasteiger partial charge in [-0.05, 0) is 37.0 Å². The molecule has 0 spiro atoms. The van der Waals surface area contributed by atoms with Gasteiger partial charge in [-0.1, -0.05) is 27.2 Å². The highest BCUT2D eigenvalue weighted by molar-refractivity contribution is 7.89. The first-order chi connectivity index (χ1) is 8.31. The highest BCUT2D eigenvalue weighted by atomic mass is 32.2. The Labute approximate surface area is 111 Å². The number of sulfonamides is 1. The summed E-state index contributed by atoms with van der Waals surface area (Å²) in [6.07, 6.45) is 4.47. The third kappa shape index (κ3) is 5.67. The van der Waals surface area contributed by atoms with Crippen molar-refractivity contribution in [3.63, 3.8) is 0 Å². The molecule has 0 aromatic rings. The van der Waals surface area contributed by atoms with Crippen LogP contribution in [0.4, 0.5) is 0 Å². The molecule has 1 aliphatic carbocycles. The van der Waals surface area contributed by atoms with Gasteiger partial charge >= 0.3 is 0 Å². The van der Waals surface area contributed by atoms with E-state index >= 15 is 0 Å². The van der Waals surface area contributed by atoms with Gasteiger partial charge in [0.25, 0.3) is 0 Å². The van der Waals surface area contributed by atoms with Crippen molar-refractivity contribution in [3.8, 4) is 0 Å². The largest absolute Gasteiger partial charge is 0.378 e. The van der Waals surface area contributed by atoms with E-state index in [1.54, 1.807) is 0 Å². The predicted molar refractivity (Wildman–Crippen MR) is 73.7 cm³/mol. The van der Waals surface area contributed by atoms with Gasteiger partial charge in [0.2, 0.25) is 10.0 Å². The fourth-order valence-electron chi connectivity index (χ4n) is 2.53. The molecule has 2 N–H and O–H groups in total. The standard InChI is InChI=1S/C13H27NO3S/c1-4-12(9-18(14,15)16)8-17-13-6-5-10(2)11(3)7-13/h10-13H,4-9H2,1-3H3,(H2,14,15,16). The molecule has 0 aromatic carbocycles. The number of hydrogen-bond donors (Lipinski definition) is 1. The zero-order chi connectivity index (χ0) is 13.8. The van der Waals surface area contributed by atoms with Crippen LogP contribution >= 0.6 is 0 Å². The maximum atomic E-state index is 11.1. The number of primary sulfonamides is 1.